The summed E-state index contributed by atoms with van der Waals surface area (Å²) in [5, 5.41) is 2.90. The lowest BCUT2D eigenvalue weighted by molar-refractivity contribution is -0.115. The van der Waals surface area contributed by atoms with Gasteiger partial charge in [-0.05, 0) is 37.1 Å². The highest BCUT2D eigenvalue weighted by Crippen LogP contribution is 2.14. The molecule has 0 aromatic heterocycles. The van der Waals surface area contributed by atoms with E-state index in [0.717, 1.165) is 22.4 Å². The molecule has 0 saturated carbocycles. The van der Waals surface area contributed by atoms with Gasteiger partial charge in [0, 0.05) is 11.7 Å². The van der Waals surface area contributed by atoms with Crippen molar-refractivity contribution in [3.05, 3.63) is 65.2 Å². The Hall–Kier alpha value is -2.13. The molecule has 0 radical (unpaired) electrons. The molecule has 2 rings (SSSR count). The maximum atomic E-state index is 12.0. The predicted octanol–water partition coefficient (Wildman–Crippen LogP) is 3.20. The van der Waals surface area contributed by atoms with Crippen LogP contribution in [0.25, 0.3) is 0 Å². The molecule has 2 aromatic carbocycles. The topological polar surface area (TPSA) is 55.1 Å². The van der Waals surface area contributed by atoms with Crippen molar-refractivity contribution in [3.8, 4) is 0 Å². The van der Waals surface area contributed by atoms with Gasteiger partial charge in [-0.15, -0.1) is 0 Å². The zero-order valence-electron chi connectivity index (χ0n) is 11.9. The number of benzene rings is 2. The number of rotatable bonds is 4. The molecule has 0 spiro atoms. The van der Waals surface area contributed by atoms with Crippen molar-refractivity contribution in [1.29, 1.82) is 0 Å². The van der Waals surface area contributed by atoms with E-state index in [1.54, 1.807) is 0 Å². The number of anilines is 1. The lowest BCUT2D eigenvalue weighted by Crippen LogP contribution is -2.14. The third-order valence-corrected chi connectivity index (χ3v) is 3.17. The molecule has 1 amide bonds. The van der Waals surface area contributed by atoms with Gasteiger partial charge in [0.05, 0.1) is 6.42 Å². The van der Waals surface area contributed by atoms with E-state index in [1.807, 2.05) is 62.4 Å². The molecule has 1 unspecified atom stereocenters. The summed E-state index contributed by atoms with van der Waals surface area (Å²) in [5.41, 5.74) is 9.84. The summed E-state index contributed by atoms with van der Waals surface area (Å²) in [7, 11) is 0. The van der Waals surface area contributed by atoms with Gasteiger partial charge in [0.2, 0.25) is 5.91 Å². The van der Waals surface area contributed by atoms with Crippen LogP contribution in [0.3, 0.4) is 0 Å². The van der Waals surface area contributed by atoms with Gasteiger partial charge in [-0.1, -0.05) is 42.0 Å². The number of carbonyl (C=O) groups excluding carboxylic acids is 1. The van der Waals surface area contributed by atoms with Gasteiger partial charge in [0.15, 0.2) is 0 Å². The second-order valence-electron chi connectivity index (χ2n) is 5.12. The van der Waals surface area contributed by atoms with Gasteiger partial charge in [0.1, 0.15) is 0 Å². The summed E-state index contributed by atoms with van der Waals surface area (Å²) in [6.45, 7) is 3.96. The molecular weight excluding hydrogens is 248 g/mol. The number of hydrogen-bond acceptors (Lipinski definition) is 2. The summed E-state index contributed by atoms with van der Waals surface area (Å²) < 4.78 is 0. The van der Waals surface area contributed by atoms with E-state index in [-0.39, 0.29) is 11.9 Å². The first-order valence-electron chi connectivity index (χ1n) is 6.75. The first kappa shape index (κ1) is 14.3. The highest BCUT2D eigenvalue weighted by Gasteiger charge is 2.05. The van der Waals surface area contributed by atoms with Gasteiger partial charge in [-0.3, -0.25) is 4.79 Å². The van der Waals surface area contributed by atoms with Crippen molar-refractivity contribution in [2.45, 2.75) is 26.3 Å². The Balaban J connectivity index is 1.97. The lowest BCUT2D eigenvalue weighted by atomic mass is 10.1. The van der Waals surface area contributed by atoms with Crippen LogP contribution in [0.15, 0.2) is 48.5 Å². The van der Waals surface area contributed by atoms with Gasteiger partial charge < -0.3 is 11.1 Å². The molecule has 104 valence electrons. The fourth-order valence-electron chi connectivity index (χ4n) is 2.08. The third-order valence-electron chi connectivity index (χ3n) is 3.17. The molecule has 3 nitrogen and oxygen atoms in total. The van der Waals surface area contributed by atoms with Crippen molar-refractivity contribution in [2.24, 2.45) is 5.73 Å². The Bertz CT molecular complexity index is 588. The molecule has 0 aliphatic rings. The molecule has 0 aliphatic heterocycles. The number of nitrogens with two attached hydrogens (primary N) is 1. The van der Waals surface area contributed by atoms with E-state index in [4.69, 9.17) is 5.73 Å². The Morgan fingerprint density at radius 3 is 2.50 bits per heavy atom. The number of amides is 1. The molecule has 3 N–H and O–H groups in total. The molecule has 0 aliphatic carbocycles. The van der Waals surface area contributed by atoms with Crippen LogP contribution >= 0.6 is 0 Å². The Labute approximate surface area is 119 Å². The van der Waals surface area contributed by atoms with Crippen molar-refractivity contribution in [1.82, 2.24) is 0 Å². The van der Waals surface area contributed by atoms with Crippen LogP contribution in [0.5, 0.6) is 0 Å². The van der Waals surface area contributed by atoms with Crippen LogP contribution in [-0.4, -0.2) is 5.91 Å². The Morgan fingerprint density at radius 1 is 1.20 bits per heavy atom. The molecule has 3 heteroatoms. The SMILES string of the molecule is Cc1cccc(CC(=O)Nc2ccc(C(C)N)cc2)c1. The fraction of sp³-hybridized carbons (Fsp3) is 0.235. The molecule has 1 atom stereocenters. The molecule has 0 bridgehead atoms. The predicted molar refractivity (Wildman–Crippen MR) is 82.6 cm³/mol. The van der Waals surface area contributed by atoms with Crippen LogP contribution in [0.2, 0.25) is 0 Å². The van der Waals surface area contributed by atoms with E-state index in [2.05, 4.69) is 5.32 Å². The zero-order chi connectivity index (χ0) is 14.5. The minimum Gasteiger partial charge on any atom is -0.326 e. The van der Waals surface area contributed by atoms with Crippen molar-refractivity contribution >= 4 is 11.6 Å². The maximum Gasteiger partial charge on any atom is 0.228 e. The van der Waals surface area contributed by atoms with E-state index in [0.29, 0.717) is 6.42 Å². The fourth-order valence-corrected chi connectivity index (χ4v) is 2.08. The summed E-state index contributed by atoms with van der Waals surface area (Å²) in [6.07, 6.45) is 0.386. The smallest absolute Gasteiger partial charge is 0.228 e. The van der Waals surface area contributed by atoms with Gasteiger partial charge >= 0.3 is 0 Å². The Morgan fingerprint density at radius 2 is 1.90 bits per heavy atom. The Kier molecular flexibility index (Phi) is 4.53. The number of aryl methyl sites for hydroxylation is 1. The van der Waals surface area contributed by atoms with Crippen molar-refractivity contribution < 1.29 is 4.79 Å². The summed E-state index contributed by atoms with van der Waals surface area (Å²) >= 11 is 0. The summed E-state index contributed by atoms with van der Waals surface area (Å²) in [5.74, 6) is -0.0100. The highest BCUT2D eigenvalue weighted by molar-refractivity contribution is 5.92. The molecule has 0 heterocycles. The monoisotopic (exact) mass is 268 g/mol. The number of hydrogen-bond donors (Lipinski definition) is 2. The first-order valence-corrected chi connectivity index (χ1v) is 6.75. The average Bonchev–Trinajstić information content (AvgIpc) is 2.39. The normalized spacial score (nSPS) is 11.9. The largest absolute Gasteiger partial charge is 0.326 e. The molecule has 0 fully saturated rings. The number of nitrogens with one attached hydrogen (secondary N) is 1. The van der Waals surface area contributed by atoms with Gasteiger partial charge in [-0.2, -0.15) is 0 Å². The van der Waals surface area contributed by atoms with Crippen LogP contribution in [0, 0.1) is 6.92 Å². The quantitative estimate of drug-likeness (QED) is 0.894. The van der Waals surface area contributed by atoms with Crippen LogP contribution in [0.4, 0.5) is 5.69 Å². The van der Waals surface area contributed by atoms with Crippen LogP contribution < -0.4 is 11.1 Å². The highest BCUT2D eigenvalue weighted by atomic mass is 16.1. The average molecular weight is 268 g/mol. The molecule has 0 saturated heterocycles. The first-order chi connectivity index (χ1) is 9.54. The van der Waals surface area contributed by atoms with E-state index in [1.165, 1.54) is 0 Å². The summed E-state index contributed by atoms with van der Waals surface area (Å²) in [6, 6.07) is 15.6. The lowest BCUT2D eigenvalue weighted by Gasteiger charge is -2.09. The minimum absolute atomic E-state index is 0.00652. The van der Waals surface area contributed by atoms with E-state index >= 15 is 0 Å². The standard InChI is InChI=1S/C17H20N2O/c1-12-4-3-5-14(10-12)11-17(20)19-16-8-6-15(7-9-16)13(2)18/h3-10,13H,11,18H2,1-2H3,(H,19,20). The van der Waals surface area contributed by atoms with Gasteiger partial charge in [0.25, 0.3) is 0 Å². The second kappa shape index (κ2) is 6.35. The van der Waals surface area contributed by atoms with Crippen LogP contribution in [0.1, 0.15) is 29.7 Å². The van der Waals surface area contributed by atoms with E-state index < -0.39 is 0 Å². The summed E-state index contributed by atoms with van der Waals surface area (Å²) in [4.78, 5) is 12.0. The van der Waals surface area contributed by atoms with E-state index in [9.17, 15) is 4.79 Å². The second-order valence-corrected chi connectivity index (χ2v) is 5.12. The molecule has 2 aromatic rings. The van der Waals surface area contributed by atoms with Crippen molar-refractivity contribution in [2.75, 3.05) is 5.32 Å². The minimum atomic E-state index is -0.0100. The van der Waals surface area contributed by atoms with Crippen LogP contribution in [-0.2, 0) is 11.2 Å². The third kappa shape index (κ3) is 3.93. The number of carbonyl (C=O) groups is 1. The molecule has 20 heavy (non-hydrogen) atoms. The van der Waals surface area contributed by atoms with Gasteiger partial charge in [-0.25, -0.2) is 0 Å². The zero-order valence-corrected chi connectivity index (χ0v) is 11.9. The maximum absolute atomic E-state index is 12.0. The van der Waals surface area contributed by atoms with Crippen molar-refractivity contribution in [3.63, 3.8) is 0 Å². The molecular formula is C17H20N2O.